The van der Waals surface area contributed by atoms with Gasteiger partial charge in [-0.05, 0) is 30.5 Å². The maximum absolute atomic E-state index is 9.74. The van der Waals surface area contributed by atoms with E-state index in [0.717, 1.165) is 11.1 Å². The summed E-state index contributed by atoms with van der Waals surface area (Å²) in [4.78, 5) is 0. The first-order valence-electron chi connectivity index (χ1n) is 4.61. The highest BCUT2D eigenvalue weighted by Crippen LogP contribution is 2.24. The van der Waals surface area contributed by atoms with Gasteiger partial charge in [-0.1, -0.05) is 18.2 Å². The molecule has 0 saturated heterocycles. The standard InChI is InChI=1S/C11H16O3/c1-7-4-3-5-8(2)10(7)11(14)9(13)6-12/h3-5,9,11-14H,6H2,1-2H3. The highest BCUT2D eigenvalue weighted by molar-refractivity contribution is 5.35. The van der Waals surface area contributed by atoms with Crippen molar-refractivity contribution >= 4 is 0 Å². The fourth-order valence-electron chi connectivity index (χ4n) is 1.59. The Bertz CT molecular complexity index is 289. The lowest BCUT2D eigenvalue weighted by Crippen LogP contribution is -2.23. The topological polar surface area (TPSA) is 60.7 Å². The molecule has 0 aliphatic carbocycles. The van der Waals surface area contributed by atoms with Crippen LogP contribution in [0.5, 0.6) is 0 Å². The van der Waals surface area contributed by atoms with Crippen molar-refractivity contribution in [3.8, 4) is 0 Å². The number of hydrogen-bond acceptors (Lipinski definition) is 3. The van der Waals surface area contributed by atoms with E-state index < -0.39 is 18.8 Å². The molecule has 2 atom stereocenters. The van der Waals surface area contributed by atoms with Crippen LogP contribution in [0.2, 0.25) is 0 Å². The molecule has 14 heavy (non-hydrogen) atoms. The molecule has 0 radical (unpaired) electrons. The van der Waals surface area contributed by atoms with Crippen molar-refractivity contribution < 1.29 is 15.3 Å². The fraction of sp³-hybridized carbons (Fsp3) is 0.455. The van der Waals surface area contributed by atoms with Crippen LogP contribution < -0.4 is 0 Å². The van der Waals surface area contributed by atoms with Gasteiger partial charge in [0.2, 0.25) is 0 Å². The fourth-order valence-corrected chi connectivity index (χ4v) is 1.59. The molecule has 1 aromatic carbocycles. The van der Waals surface area contributed by atoms with E-state index >= 15 is 0 Å². The molecule has 0 amide bonds. The van der Waals surface area contributed by atoms with Crippen LogP contribution >= 0.6 is 0 Å². The first kappa shape index (κ1) is 11.2. The van der Waals surface area contributed by atoms with Crippen LogP contribution in [-0.4, -0.2) is 28.0 Å². The van der Waals surface area contributed by atoms with Crippen molar-refractivity contribution in [2.24, 2.45) is 0 Å². The Hall–Kier alpha value is -0.900. The monoisotopic (exact) mass is 196 g/mol. The molecular weight excluding hydrogens is 180 g/mol. The van der Waals surface area contributed by atoms with Gasteiger partial charge in [0, 0.05) is 0 Å². The summed E-state index contributed by atoms with van der Waals surface area (Å²) in [6, 6.07) is 5.64. The van der Waals surface area contributed by atoms with E-state index in [1.54, 1.807) is 0 Å². The zero-order valence-electron chi connectivity index (χ0n) is 8.44. The lowest BCUT2D eigenvalue weighted by Gasteiger charge is -2.20. The maximum atomic E-state index is 9.74. The molecule has 0 spiro atoms. The summed E-state index contributed by atoms with van der Waals surface area (Å²) in [5, 5.41) is 27.8. The molecule has 0 aliphatic rings. The van der Waals surface area contributed by atoms with E-state index in [1.165, 1.54) is 0 Å². The Morgan fingerprint density at radius 3 is 2.07 bits per heavy atom. The average molecular weight is 196 g/mol. The molecule has 0 saturated carbocycles. The third kappa shape index (κ3) is 2.12. The van der Waals surface area contributed by atoms with Crippen molar-refractivity contribution in [1.29, 1.82) is 0 Å². The van der Waals surface area contributed by atoms with Gasteiger partial charge in [0.15, 0.2) is 0 Å². The second-order valence-electron chi connectivity index (χ2n) is 3.50. The minimum atomic E-state index is -1.12. The molecular formula is C11H16O3. The maximum Gasteiger partial charge on any atom is 0.108 e. The Morgan fingerprint density at radius 2 is 1.64 bits per heavy atom. The molecule has 2 unspecified atom stereocenters. The lowest BCUT2D eigenvalue weighted by molar-refractivity contribution is -0.0158. The van der Waals surface area contributed by atoms with E-state index in [2.05, 4.69) is 0 Å². The van der Waals surface area contributed by atoms with Crippen LogP contribution in [0.4, 0.5) is 0 Å². The van der Waals surface area contributed by atoms with Gasteiger partial charge in [-0.2, -0.15) is 0 Å². The van der Waals surface area contributed by atoms with Gasteiger partial charge in [0.25, 0.3) is 0 Å². The molecule has 0 heterocycles. The van der Waals surface area contributed by atoms with Gasteiger partial charge in [-0.25, -0.2) is 0 Å². The van der Waals surface area contributed by atoms with Crippen molar-refractivity contribution in [2.45, 2.75) is 26.1 Å². The van der Waals surface area contributed by atoms with Gasteiger partial charge in [0.1, 0.15) is 12.2 Å². The molecule has 0 bridgehead atoms. The largest absolute Gasteiger partial charge is 0.394 e. The second kappa shape index (κ2) is 4.55. The SMILES string of the molecule is Cc1cccc(C)c1C(O)C(O)CO. The quantitative estimate of drug-likeness (QED) is 0.666. The Labute approximate surface area is 83.6 Å². The number of hydrogen-bond donors (Lipinski definition) is 3. The van der Waals surface area contributed by atoms with Gasteiger partial charge < -0.3 is 15.3 Å². The molecule has 0 fully saturated rings. The van der Waals surface area contributed by atoms with E-state index in [9.17, 15) is 10.2 Å². The molecule has 3 nitrogen and oxygen atoms in total. The van der Waals surface area contributed by atoms with Crippen molar-refractivity contribution in [2.75, 3.05) is 6.61 Å². The number of benzene rings is 1. The summed E-state index contributed by atoms with van der Waals surface area (Å²) >= 11 is 0. The van der Waals surface area contributed by atoms with E-state index in [4.69, 9.17) is 5.11 Å². The summed E-state index contributed by atoms with van der Waals surface area (Å²) in [7, 11) is 0. The summed E-state index contributed by atoms with van der Waals surface area (Å²) in [5.41, 5.74) is 2.55. The third-order valence-electron chi connectivity index (χ3n) is 2.39. The van der Waals surface area contributed by atoms with Gasteiger partial charge in [-0.15, -0.1) is 0 Å². The van der Waals surface area contributed by atoms with Gasteiger partial charge in [-0.3, -0.25) is 0 Å². The normalized spacial score (nSPS) is 15.2. The Balaban J connectivity index is 3.05. The number of aliphatic hydroxyl groups is 3. The molecule has 3 heteroatoms. The van der Waals surface area contributed by atoms with Crippen LogP contribution in [0.15, 0.2) is 18.2 Å². The molecule has 0 aliphatic heterocycles. The molecule has 1 aromatic rings. The second-order valence-corrected chi connectivity index (χ2v) is 3.50. The summed E-state index contributed by atoms with van der Waals surface area (Å²) in [6.45, 7) is 3.31. The molecule has 78 valence electrons. The predicted octanol–water partition coefficient (Wildman–Crippen LogP) is 0.690. The number of rotatable bonds is 3. The smallest absolute Gasteiger partial charge is 0.108 e. The zero-order valence-corrected chi connectivity index (χ0v) is 8.44. The zero-order chi connectivity index (χ0) is 10.7. The predicted molar refractivity (Wildman–Crippen MR) is 54.0 cm³/mol. The van der Waals surface area contributed by atoms with E-state index in [1.807, 2.05) is 32.0 Å². The summed E-state index contributed by atoms with van der Waals surface area (Å²) in [5.74, 6) is 0. The molecule has 3 N–H and O–H groups in total. The Morgan fingerprint density at radius 1 is 1.14 bits per heavy atom. The van der Waals surface area contributed by atoms with E-state index in [0.29, 0.717) is 5.56 Å². The summed E-state index contributed by atoms with van der Waals surface area (Å²) < 4.78 is 0. The van der Waals surface area contributed by atoms with E-state index in [-0.39, 0.29) is 0 Å². The lowest BCUT2D eigenvalue weighted by atomic mass is 9.95. The van der Waals surface area contributed by atoms with Gasteiger partial charge in [0.05, 0.1) is 6.61 Å². The molecule has 0 aromatic heterocycles. The van der Waals surface area contributed by atoms with Crippen LogP contribution in [0.1, 0.15) is 22.8 Å². The van der Waals surface area contributed by atoms with Crippen molar-refractivity contribution in [3.63, 3.8) is 0 Å². The summed E-state index contributed by atoms with van der Waals surface area (Å²) in [6.07, 6.45) is -2.13. The Kier molecular flexibility index (Phi) is 3.63. The highest BCUT2D eigenvalue weighted by atomic mass is 16.4. The number of aryl methyl sites for hydroxylation is 2. The van der Waals surface area contributed by atoms with Crippen molar-refractivity contribution in [3.05, 3.63) is 34.9 Å². The van der Waals surface area contributed by atoms with Crippen LogP contribution in [0.3, 0.4) is 0 Å². The number of aliphatic hydroxyl groups excluding tert-OH is 3. The highest BCUT2D eigenvalue weighted by Gasteiger charge is 2.20. The average Bonchev–Trinajstić information content (AvgIpc) is 2.16. The van der Waals surface area contributed by atoms with Crippen LogP contribution in [0, 0.1) is 13.8 Å². The molecule has 1 rings (SSSR count). The minimum absolute atomic E-state index is 0.436. The van der Waals surface area contributed by atoms with Crippen molar-refractivity contribution in [1.82, 2.24) is 0 Å². The first-order chi connectivity index (χ1) is 6.57. The van der Waals surface area contributed by atoms with Crippen LogP contribution in [-0.2, 0) is 0 Å². The van der Waals surface area contributed by atoms with Gasteiger partial charge >= 0.3 is 0 Å². The van der Waals surface area contributed by atoms with Crippen LogP contribution in [0.25, 0.3) is 0 Å². The first-order valence-corrected chi connectivity index (χ1v) is 4.61. The third-order valence-corrected chi connectivity index (χ3v) is 2.39. The minimum Gasteiger partial charge on any atom is -0.394 e.